The molecule has 7 rings (SSSR count). The van der Waals surface area contributed by atoms with Crippen molar-refractivity contribution in [3.05, 3.63) is 72.3 Å². The van der Waals surface area contributed by atoms with E-state index in [1.165, 1.54) is 67.8 Å². The second kappa shape index (κ2) is 20.6. The molecule has 358 valence electrons. The zero-order valence-corrected chi connectivity index (χ0v) is 34.6. The Bertz CT molecular complexity index is 2320. The minimum Gasteiger partial charge on any atom is -0.508 e. The number of carbonyl (C=O) groups is 1. The van der Waals surface area contributed by atoms with Gasteiger partial charge in [-0.05, 0) is 48.0 Å². The van der Waals surface area contributed by atoms with Crippen molar-refractivity contribution < 1.29 is 113 Å². The van der Waals surface area contributed by atoms with E-state index in [2.05, 4.69) is 0 Å². The molecule has 15 unspecified atom stereocenters. The van der Waals surface area contributed by atoms with Crippen LogP contribution < -0.4 is 14.2 Å². The molecule has 1 aromatic heterocycles. The molecule has 3 aromatic carbocycles. The Labute approximate surface area is 373 Å². The van der Waals surface area contributed by atoms with Crippen molar-refractivity contribution in [3.8, 4) is 45.8 Å². The van der Waals surface area contributed by atoms with Gasteiger partial charge in [0.15, 0.2) is 23.9 Å². The van der Waals surface area contributed by atoms with Crippen LogP contribution in [-0.2, 0) is 28.5 Å². The van der Waals surface area contributed by atoms with E-state index < -0.39 is 124 Å². The first kappa shape index (κ1) is 48.5. The molecule has 0 aliphatic carbocycles. The summed E-state index contributed by atoms with van der Waals surface area (Å²) >= 11 is 0. The molecule has 3 aliphatic rings. The van der Waals surface area contributed by atoms with Crippen LogP contribution in [0.2, 0.25) is 0 Å². The summed E-state index contributed by atoms with van der Waals surface area (Å²) in [5.41, 5.74) is 0.549. The number of aromatic hydroxyl groups is 3. The van der Waals surface area contributed by atoms with Gasteiger partial charge < -0.3 is 104 Å². The zero-order chi connectivity index (χ0) is 47.6. The third kappa shape index (κ3) is 10.2. The van der Waals surface area contributed by atoms with Crippen molar-refractivity contribution in [1.82, 2.24) is 0 Å². The Kier molecular flexibility index (Phi) is 15.1. The molecule has 0 radical (unpaired) electrons. The quantitative estimate of drug-likeness (QED) is 0.0368. The van der Waals surface area contributed by atoms with E-state index in [1.54, 1.807) is 0 Å². The van der Waals surface area contributed by atoms with Crippen LogP contribution in [0, 0.1) is 0 Å². The average Bonchev–Trinajstić information content (AvgIpc) is 3.30. The maximum Gasteiger partial charge on any atom is 0.402 e. The number of ether oxygens (including phenoxy) is 8. The van der Waals surface area contributed by atoms with E-state index in [4.69, 9.17) is 42.3 Å². The van der Waals surface area contributed by atoms with Gasteiger partial charge in [-0.2, -0.15) is 0 Å². The zero-order valence-electron chi connectivity index (χ0n) is 34.6. The van der Waals surface area contributed by atoms with Crippen LogP contribution in [0.4, 0.5) is 0 Å². The summed E-state index contributed by atoms with van der Waals surface area (Å²) < 4.78 is 51.9. The predicted octanol–water partition coefficient (Wildman–Crippen LogP) is -2.05. The molecule has 0 amide bonds. The van der Waals surface area contributed by atoms with E-state index in [9.17, 15) is 71.2 Å². The summed E-state index contributed by atoms with van der Waals surface area (Å²) in [5, 5.41) is 136. The lowest BCUT2D eigenvalue weighted by Crippen LogP contribution is -2.65. The standard InChI is InChI=1S/C43H48O23/c1-58-25-10-17(2-8-22(25)48)3-9-30(49)59-16-29-33(52)36(55)40(66-42-38(57)35(54)32(51)28(15-45)64-42)43(65-29)62-26-13-21-23(60-39(26)18-4-6-19(46)7-5-18)11-20(47)12-24(21)61-41-37(56)34(53)31(50)27(14-44)63-41/h2-13,27-29,31-38,40-45,50-57H,14-16H2,1H3,(H2-,46,47,48,49)/p+1. The first-order valence-corrected chi connectivity index (χ1v) is 20.3. The SMILES string of the molecule is COc1cc(C=CC(=O)OCC2OC(Oc3cc4c(OC5OC(CO)C(O)C(O)C5O)cc(O)cc4[o+]c3-c3ccc(O)cc3)C(OC3OC(CO)C(O)C(O)C3O)C(O)C2O)ccc1O. The van der Waals surface area contributed by atoms with Crippen molar-refractivity contribution >= 4 is 23.0 Å². The Morgan fingerprint density at radius 3 is 1.89 bits per heavy atom. The number of hydrogen-bond donors (Lipinski definition) is 13. The van der Waals surface area contributed by atoms with Crippen LogP contribution >= 0.6 is 0 Å². The molecule has 23 heteroatoms. The number of benzene rings is 3. The van der Waals surface area contributed by atoms with Crippen molar-refractivity contribution in [2.75, 3.05) is 26.9 Å². The maximum atomic E-state index is 12.9. The molecule has 0 bridgehead atoms. The van der Waals surface area contributed by atoms with E-state index in [-0.39, 0.29) is 51.0 Å². The Balaban J connectivity index is 1.25. The van der Waals surface area contributed by atoms with E-state index >= 15 is 0 Å². The summed E-state index contributed by atoms with van der Waals surface area (Å²) in [4.78, 5) is 12.9. The van der Waals surface area contributed by atoms with Gasteiger partial charge in [0, 0.05) is 18.2 Å². The minimum atomic E-state index is -2.05. The molecule has 4 heterocycles. The molecule has 3 saturated heterocycles. The molecule has 0 saturated carbocycles. The Morgan fingerprint density at radius 2 is 1.24 bits per heavy atom. The van der Waals surface area contributed by atoms with Gasteiger partial charge in [-0.15, -0.1) is 0 Å². The molecule has 15 atom stereocenters. The van der Waals surface area contributed by atoms with Crippen molar-refractivity contribution in [3.63, 3.8) is 0 Å². The maximum absolute atomic E-state index is 12.9. The lowest BCUT2D eigenvalue weighted by Gasteiger charge is -2.45. The summed E-state index contributed by atoms with van der Waals surface area (Å²) in [6.45, 7) is -2.36. The topological polar surface area (TPSA) is 365 Å². The van der Waals surface area contributed by atoms with Crippen LogP contribution in [0.1, 0.15) is 5.56 Å². The van der Waals surface area contributed by atoms with Crippen molar-refractivity contribution in [2.24, 2.45) is 0 Å². The number of phenolic OH excluding ortho intramolecular Hbond substituents is 3. The molecule has 4 aromatic rings. The van der Waals surface area contributed by atoms with Crippen LogP contribution in [0.25, 0.3) is 28.4 Å². The van der Waals surface area contributed by atoms with Gasteiger partial charge in [-0.1, -0.05) is 6.07 Å². The van der Waals surface area contributed by atoms with Gasteiger partial charge in [0.05, 0.1) is 32.0 Å². The third-order valence-corrected chi connectivity index (χ3v) is 11.1. The second-order valence-electron chi connectivity index (χ2n) is 15.5. The van der Waals surface area contributed by atoms with Crippen molar-refractivity contribution in [2.45, 2.75) is 92.1 Å². The summed E-state index contributed by atoms with van der Waals surface area (Å²) in [7, 11) is 1.34. The highest BCUT2D eigenvalue weighted by atomic mass is 16.8. The van der Waals surface area contributed by atoms with Crippen molar-refractivity contribution in [1.29, 1.82) is 0 Å². The number of fused-ring (bicyclic) bond motifs is 1. The van der Waals surface area contributed by atoms with Crippen LogP contribution in [-0.4, -0.2) is 191 Å². The molecule has 23 nitrogen and oxygen atoms in total. The lowest BCUT2D eigenvalue weighted by atomic mass is 9.97. The second-order valence-corrected chi connectivity index (χ2v) is 15.5. The van der Waals surface area contributed by atoms with Gasteiger partial charge in [-0.3, -0.25) is 0 Å². The van der Waals surface area contributed by atoms with Gasteiger partial charge in [0.2, 0.25) is 18.3 Å². The molecule has 13 N–H and O–H groups in total. The first-order valence-electron chi connectivity index (χ1n) is 20.3. The van der Waals surface area contributed by atoms with Gasteiger partial charge in [-0.25, -0.2) is 9.21 Å². The average molecular weight is 934 g/mol. The predicted molar refractivity (Wildman–Crippen MR) is 218 cm³/mol. The minimum absolute atomic E-state index is 0.0337. The molecule has 0 spiro atoms. The summed E-state index contributed by atoms with van der Waals surface area (Å²) in [6.07, 6.45) is -24.7. The first-order chi connectivity index (χ1) is 31.5. The molecule has 66 heavy (non-hydrogen) atoms. The number of aliphatic hydroxyl groups is 10. The summed E-state index contributed by atoms with van der Waals surface area (Å²) in [6, 6.07) is 13.2. The molecular weight excluding hydrogens is 884 g/mol. The normalized spacial score (nSPS) is 32.6. The number of rotatable bonds is 14. The number of esters is 1. The fourth-order valence-electron chi connectivity index (χ4n) is 7.38. The lowest BCUT2D eigenvalue weighted by molar-refractivity contribution is -0.357. The third-order valence-electron chi connectivity index (χ3n) is 11.1. The Hall–Kier alpha value is -5.48. The fraction of sp³-hybridized carbons (Fsp3) is 0.442. The summed E-state index contributed by atoms with van der Waals surface area (Å²) in [5.74, 6) is -2.26. The van der Waals surface area contributed by atoms with Crippen LogP contribution in [0.15, 0.2) is 71.2 Å². The number of hydrogen-bond acceptors (Lipinski definition) is 22. The fourth-order valence-corrected chi connectivity index (χ4v) is 7.38. The number of phenols is 3. The van der Waals surface area contributed by atoms with E-state index in [0.717, 1.165) is 12.1 Å². The van der Waals surface area contributed by atoms with Crippen LogP contribution in [0.5, 0.6) is 34.5 Å². The highest BCUT2D eigenvalue weighted by Gasteiger charge is 2.52. The Morgan fingerprint density at radius 1 is 0.636 bits per heavy atom. The number of aliphatic hydroxyl groups excluding tert-OH is 10. The highest BCUT2D eigenvalue weighted by Crippen LogP contribution is 2.43. The molecule has 3 fully saturated rings. The van der Waals surface area contributed by atoms with Crippen LogP contribution in [0.3, 0.4) is 0 Å². The number of carbonyl (C=O) groups excluding carboxylic acids is 1. The number of methoxy groups -OCH3 is 1. The van der Waals surface area contributed by atoms with E-state index in [1.807, 2.05) is 0 Å². The van der Waals surface area contributed by atoms with Gasteiger partial charge in [0.25, 0.3) is 0 Å². The molecule has 3 aliphatic heterocycles. The smallest absolute Gasteiger partial charge is 0.402 e. The largest absolute Gasteiger partial charge is 0.508 e. The highest BCUT2D eigenvalue weighted by molar-refractivity contribution is 5.89. The van der Waals surface area contributed by atoms with Gasteiger partial charge >= 0.3 is 17.3 Å². The van der Waals surface area contributed by atoms with E-state index in [0.29, 0.717) is 5.56 Å². The monoisotopic (exact) mass is 933 g/mol. The molecular formula is C43H49O23+. The van der Waals surface area contributed by atoms with Gasteiger partial charge in [0.1, 0.15) is 96.4 Å².